The molecule has 108 valence electrons. The van der Waals surface area contributed by atoms with Crippen molar-refractivity contribution >= 4 is 17.7 Å². The molecule has 6 heteroatoms. The second-order valence-corrected chi connectivity index (χ2v) is 4.46. The van der Waals surface area contributed by atoms with E-state index in [0.717, 1.165) is 5.56 Å². The number of nitrogens with one attached hydrogen (secondary N) is 1. The number of hydrogen-bond acceptors (Lipinski definition) is 5. The number of aliphatic hydroxyl groups excluding tert-OH is 1. The number of nitro groups is 1. The van der Waals surface area contributed by atoms with Crippen LogP contribution in [0, 0.1) is 10.1 Å². The van der Waals surface area contributed by atoms with Gasteiger partial charge in [-0.2, -0.15) is 0 Å². The van der Waals surface area contributed by atoms with E-state index in [0.29, 0.717) is 6.29 Å². The molecule has 21 heavy (non-hydrogen) atoms. The summed E-state index contributed by atoms with van der Waals surface area (Å²) >= 11 is 0. The number of anilines is 1. The Labute approximate surface area is 121 Å². The topological polar surface area (TPSA) is 92.5 Å². The Bertz CT molecular complexity index is 643. The number of aldehydes is 1. The first-order chi connectivity index (χ1) is 10.1. The van der Waals surface area contributed by atoms with Gasteiger partial charge in [0.05, 0.1) is 11.0 Å². The molecule has 0 aliphatic heterocycles. The van der Waals surface area contributed by atoms with Gasteiger partial charge in [-0.25, -0.2) is 0 Å². The summed E-state index contributed by atoms with van der Waals surface area (Å²) in [5.74, 6) is 0. The highest BCUT2D eigenvalue weighted by atomic mass is 16.6. The predicted molar refractivity (Wildman–Crippen MR) is 78.4 cm³/mol. The second kappa shape index (κ2) is 6.62. The van der Waals surface area contributed by atoms with Gasteiger partial charge in [0, 0.05) is 18.2 Å². The summed E-state index contributed by atoms with van der Waals surface area (Å²) < 4.78 is 0. The fourth-order valence-corrected chi connectivity index (χ4v) is 1.92. The predicted octanol–water partition coefficient (Wildman–Crippen LogP) is 2.55. The van der Waals surface area contributed by atoms with Gasteiger partial charge in [-0.3, -0.25) is 14.9 Å². The van der Waals surface area contributed by atoms with Crippen molar-refractivity contribution in [3.63, 3.8) is 0 Å². The molecule has 2 aromatic rings. The number of nitrogens with zero attached hydrogens (tertiary/aromatic N) is 1. The van der Waals surface area contributed by atoms with E-state index in [1.54, 1.807) is 24.3 Å². The Balaban J connectivity index is 2.13. The van der Waals surface area contributed by atoms with E-state index in [2.05, 4.69) is 5.32 Å². The molecule has 2 aromatic carbocycles. The van der Waals surface area contributed by atoms with Gasteiger partial charge in [-0.05, 0) is 17.7 Å². The quantitative estimate of drug-likeness (QED) is 0.483. The zero-order valence-corrected chi connectivity index (χ0v) is 11.1. The number of benzene rings is 2. The van der Waals surface area contributed by atoms with Crippen molar-refractivity contribution in [3.8, 4) is 0 Å². The van der Waals surface area contributed by atoms with E-state index < -0.39 is 11.0 Å². The SMILES string of the molecule is O=Cc1ccc(NCC(O)c2ccccc2)c([N+](=O)[O-])c1. The highest BCUT2D eigenvalue weighted by Crippen LogP contribution is 2.26. The number of carbonyl (C=O) groups is 1. The molecule has 6 nitrogen and oxygen atoms in total. The van der Waals surface area contributed by atoms with E-state index >= 15 is 0 Å². The molecule has 0 heterocycles. The fourth-order valence-electron chi connectivity index (χ4n) is 1.92. The molecule has 1 atom stereocenters. The average Bonchev–Trinajstić information content (AvgIpc) is 2.53. The van der Waals surface area contributed by atoms with Gasteiger partial charge in [0.25, 0.3) is 5.69 Å². The van der Waals surface area contributed by atoms with Crippen LogP contribution in [0.1, 0.15) is 22.0 Å². The molecule has 0 bridgehead atoms. The van der Waals surface area contributed by atoms with Gasteiger partial charge in [-0.1, -0.05) is 30.3 Å². The van der Waals surface area contributed by atoms with Crippen LogP contribution in [0.15, 0.2) is 48.5 Å². The maximum absolute atomic E-state index is 11.0. The van der Waals surface area contributed by atoms with Crippen molar-refractivity contribution < 1.29 is 14.8 Å². The van der Waals surface area contributed by atoms with Crippen molar-refractivity contribution in [2.45, 2.75) is 6.10 Å². The van der Waals surface area contributed by atoms with Gasteiger partial charge in [0.2, 0.25) is 0 Å². The third kappa shape index (κ3) is 3.64. The largest absolute Gasteiger partial charge is 0.387 e. The number of rotatable bonds is 6. The first-order valence-electron chi connectivity index (χ1n) is 6.32. The third-order valence-corrected chi connectivity index (χ3v) is 3.02. The van der Waals surface area contributed by atoms with E-state index in [1.807, 2.05) is 6.07 Å². The van der Waals surface area contributed by atoms with Crippen molar-refractivity contribution in [2.75, 3.05) is 11.9 Å². The molecule has 1 unspecified atom stereocenters. The lowest BCUT2D eigenvalue weighted by Crippen LogP contribution is -2.13. The lowest BCUT2D eigenvalue weighted by atomic mass is 10.1. The van der Waals surface area contributed by atoms with Crippen LogP contribution in [-0.2, 0) is 0 Å². The Morgan fingerprint density at radius 1 is 1.24 bits per heavy atom. The minimum Gasteiger partial charge on any atom is -0.387 e. The van der Waals surface area contributed by atoms with Crippen molar-refractivity contribution in [1.82, 2.24) is 0 Å². The van der Waals surface area contributed by atoms with Crippen LogP contribution in [0.3, 0.4) is 0 Å². The Morgan fingerprint density at radius 3 is 2.57 bits per heavy atom. The molecule has 0 spiro atoms. The van der Waals surface area contributed by atoms with Crippen LogP contribution in [-0.4, -0.2) is 22.9 Å². The Kier molecular flexibility index (Phi) is 4.63. The van der Waals surface area contributed by atoms with E-state index in [1.165, 1.54) is 18.2 Å². The zero-order valence-electron chi connectivity index (χ0n) is 11.1. The summed E-state index contributed by atoms with van der Waals surface area (Å²) in [4.78, 5) is 21.1. The molecular weight excluding hydrogens is 272 g/mol. The van der Waals surface area contributed by atoms with Crippen molar-refractivity contribution in [2.24, 2.45) is 0 Å². The lowest BCUT2D eigenvalue weighted by molar-refractivity contribution is -0.384. The highest BCUT2D eigenvalue weighted by molar-refractivity contribution is 5.79. The molecule has 0 radical (unpaired) electrons. The fraction of sp³-hybridized carbons (Fsp3) is 0.133. The second-order valence-electron chi connectivity index (χ2n) is 4.46. The van der Waals surface area contributed by atoms with Crippen LogP contribution in [0.2, 0.25) is 0 Å². The van der Waals surface area contributed by atoms with Gasteiger partial charge in [0.1, 0.15) is 12.0 Å². The Hall–Kier alpha value is -2.73. The maximum atomic E-state index is 11.0. The van der Waals surface area contributed by atoms with E-state index in [4.69, 9.17) is 0 Å². The van der Waals surface area contributed by atoms with Crippen LogP contribution in [0.4, 0.5) is 11.4 Å². The molecule has 0 saturated heterocycles. The van der Waals surface area contributed by atoms with Crippen LogP contribution in [0.5, 0.6) is 0 Å². The van der Waals surface area contributed by atoms with Gasteiger partial charge in [0.15, 0.2) is 0 Å². The molecule has 2 rings (SSSR count). The molecular formula is C15H14N2O4. The molecule has 0 aromatic heterocycles. The smallest absolute Gasteiger partial charge is 0.293 e. The summed E-state index contributed by atoms with van der Waals surface area (Å²) in [5, 5.41) is 23.9. The first-order valence-corrected chi connectivity index (χ1v) is 6.32. The molecule has 0 aliphatic carbocycles. The summed E-state index contributed by atoms with van der Waals surface area (Å²) in [5.41, 5.74) is 1.02. The van der Waals surface area contributed by atoms with Crippen molar-refractivity contribution in [3.05, 3.63) is 69.8 Å². The standard InChI is InChI=1S/C15H14N2O4/c18-10-11-6-7-13(14(8-11)17(20)21)16-9-15(19)12-4-2-1-3-5-12/h1-8,10,15-16,19H,9H2. The van der Waals surface area contributed by atoms with Crippen LogP contribution >= 0.6 is 0 Å². The Morgan fingerprint density at radius 2 is 1.95 bits per heavy atom. The van der Waals surface area contributed by atoms with Gasteiger partial charge < -0.3 is 10.4 Å². The summed E-state index contributed by atoms with van der Waals surface area (Å²) in [6.07, 6.45) is -0.230. The van der Waals surface area contributed by atoms with E-state index in [9.17, 15) is 20.0 Å². The molecule has 0 saturated carbocycles. The highest BCUT2D eigenvalue weighted by Gasteiger charge is 2.15. The minimum absolute atomic E-state index is 0.130. The number of carbonyl (C=O) groups excluding carboxylic acids is 1. The van der Waals surface area contributed by atoms with Gasteiger partial charge in [-0.15, -0.1) is 0 Å². The first kappa shape index (κ1) is 14.7. The number of nitro benzene ring substituents is 1. The van der Waals surface area contributed by atoms with Gasteiger partial charge >= 0.3 is 0 Å². The molecule has 0 aliphatic rings. The summed E-state index contributed by atoms with van der Waals surface area (Å²) in [7, 11) is 0. The zero-order chi connectivity index (χ0) is 15.2. The van der Waals surface area contributed by atoms with Crippen LogP contribution < -0.4 is 5.32 Å². The lowest BCUT2D eigenvalue weighted by Gasteiger charge is -2.13. The molecule has 0 amide bonds. The molecule has 0 fully saturated rings. The maximum Gasteiger partial charge on any atom is 0.293 e. The monoisotopic (exact) mass is 286 g/mol. The number of aliphatic hydroxyl groups is 1. The minimum atomic E-state index is -0.781. The normalized spacial score (nSPS) is 11.7. The summed E-state index contributed by atoms with van der Waals surface area (Å²) in [6, 6.07) is 13.1. The van der Waals surface area contributed by atoms with Crippen molar-refractivity contribution in [1.29, 1.82) is 0 Å². The average molecular weight is 286 g/mol. The number of hydrogen-bond donors (Lipinski definition) is 2. The van der Waals surface area contributed by atoms with Crippen LogP contribution in [0.25, 0.3) is 0 Å². The summed E-state index contributed by atoms with van der Waals surface area (Å²) in [6.45, 7) is 0.130. The third-order valence-electron chi connectivity index (χ3n) is 3.02. The van der Waals surface area contributed by atoms with E-state index in [-0.39, 0.29) is 23.5 Å². The molecule has 2 N–H and O–H groups in total.